The number of hydrogen-bond donors (Lipinski definition) is 4. The Hall–Kier alpha value is -5.52. The van der Waals surface area contributed by atoms with Crippen LogP contribution in [0.4, 0.5) is 11.4 Å². The van der Waals surface area contributed by atoms with Crippen molar-refractivity contribution >= 4 is 17.1 Å². The van der Waals surface area contributed by atoms with Gasteiger partial charge in [-0.05, 0) is 59.0 Å². The zero-order valence-corrected chi connectivity index (χ0v) is 25.4. The molecule has 0 radical (unpaired) electrons. The highest BCUT2D eigenvalue weighted by Crippen LogP contribution is 2.41. The molecule has 222 valence electrons. The molecule has 0 saturated carbocycles. The van der Waals surface area contributed by atoms with Crippen molar-refractivity contribution in [2.45, 2.75) is 25.6 Å². The first-order valence-electron chi connectivity index (χ1n) is 15.2. The van der Waals surface area contributed by atoms with E-state index in [-0.39, 0.29) is 0 Å². The quantitative estimate of drug-likeness (QED) is 0.0701. The summed E-state index contributed by atoms with van der Waals surface area (Å²) in [6.07, 6.45) is 1.76. The SMILES string of the molecule is Cc1cc(C(=N)c2cc(CNCc3ccccc3)c(N)cc2NC(c2ccccc2)(c2ccccc2)c2ccccc2)ccn1. The van der Waals surface area contributed by atoms with Crippen LogP contribution in [0.3, 0.4) is 0 Å². The fraction of sp³-hybridized carbons (Fsp3) is 0.100. The standard InChI is InChI=1S/C40H37N5/c1-29-24-31(22-23-44-29)39(42)36-25-32(28-43-27-30-14-6-2-7-15-30)37(41)26-38(36)45-40(33-16-8-3-9-17-33,34-18-10-4-11-19-34)35-20-12-5-13-21-35/h2-26,42-43,45H,27-28,41H2,1H3. The first kappa shape index (κ1) is 29.5. The molecule has 0 aliphatic carbocycles. The van der Waals surface area contributed by atoms with E-state index in [0.29, 0.717) is 17.9 Å². The molecule has 1 heterocycles. The summed E-state index contributed by atoms with van der Waals surface area (Å²) in [5, 5.41) is 17.0. The average Bonchev–Trinajstić information content (AvgIpc) is 3.09. The summed E-state index contributed by atoms with van der Waals surface area (Å²) in [6, 6.07) is 49.6. The number of benzene rings is 5. The van der Waals surface area contributed by atoms with Gasteiger partial charge in [0, 0.05) is 47.5 Å². The van der Waals surface area contributed by atoms with E-state index in [9.17, 15) is 5.41 Å². The lowest BCUT2D eigenvalue weighted by Crippen LogP contribution is -2.38. The third kappa shape index (κ3) is 6.40. The van der Waals surface area contributed by atoms with E-state index in [4.69, 9.17) is 5.73 Å². The summed E-state index contributed by atoms with van der Waals surface area (Å²) in [5.74, 6) is 0. The van der Waals surface area contributed by atoms with E-state index in [1.54, 1.807) is 6.20 Å². The van der Waals surface area contributed by atoms with Gasteiger partial charge in [0.2, 0.25) is 0 Å². The lowest BCUT2D eigenvalue weighted by molar-refractivity contribution is 0.693. The molecule has 0 unspecified atom stereocenters. The van der Waals surface area contributed by atoms with Crippen molar-refractivity contribution in [2.24, 2.45) is 0 Å². The number of nitrogens with one attached hydrogen (secondary N) is 3. The molecule has 0 aliphatic heterocycles. The molecule has 0 fully saturated rings. The Morgan fingerprint density at radius 2 is 1.22 bits per heavy atom. The number of nitrogens with two attached hydrogens (primary N) is 1. The third-order valence-corrected chi connectivity index (χ3v) is 8.16. The summed E-state index contributed by atoms with van der Waals surface area (Å²) in [7, 11) is 0. The summed E-state index contributed by atoms with van der Waals surface area (Å²) in [6.45, 7) is 3.23. The second kappa shape index (κ2) is 13.4. The molecule has 6 rings (SSSR count). The molecule has 5 N–H and O–H groups in total. The van der Waals surface area contributed by atoms with E-state index < -0.39 is 5.54 Å². The van der Waals surface area contributed by atoms with Gasteiger partial charge in [0.1, 0.15) is 5.54 Å². The third-order valence-electron chi connectivity index (χ3n) is 8.16. The van der Waals surface area contributed by atoms with Crippen LogP contribution in [0.5, 0.6) is 0 Å². The molecule has 0 amide bonds. The van der Waals surface area contributed by atoms with Crippen molar-refractivity contribution in [3.63, 3.8) is 0 Å². The highest BCUT2D eigenvalue weighted by molar-refractivity contribution is 6.14. The Bertz CT molecular complexity index is 1770. The van der Waals surface area contributed by atoms with Gasteiger partial charge in [-0.15, -0.1) is 0 Å². The van der Waals surface area contributed by atoms with Crippen LogP contribution in [0, 0.1) is 12.3 Å². The van der Waals surface area contributed by atoms with Crippen LogP contribution in [0.15, 0.2) is 152 Å². The van der Waals surface area contributed by atoms with Crippen molar-refractivity contribution in [3.8, 4) is 0 Å². The maximum Gasteiger partial charge on any atom is 0.114 e. The second-order valence-corrected chi connectivity index (χ2v) is 11.2. The van der Waals surface area contributed by atoms with Gasteiger partial charge in [-0.1, -0.05) is 121 Å². The molecule has 5 heteroatoms. The monoisotopic (exact) mass is 587 g/mol. The number of aryl methyl sites for hydroxylation is 1. The van der Waals surface area contributed by atoms with Crippen molar-refractivity contribution < 1.29 is 0 Å². The molecular weight excluding hydrogens is 550 g/mol. The summed E-state index contributed by atoms with van der Waals surface area (Å²) in [5.41, 5.74) is 15.6. The second-order valence-electron chi connectivity index (χ2n) is 11.2. The highest BCUT2D eigenvalue weighted by atomic mass is 15.0. The minimum atomic E-state index is -0.771. The van der Waals surface area contributed by atoms with Crippen LogP contribution >= 0.6 is 0 Å². The molecule has 0 atom stereocenters. The van der Waals surface area contributed by atoms with E-state index in [1.165, 1.54) is 5.56 Å². The zero-order valence-electron chi connectivity index (χ0n) is 25.4. The number of anilines is 2. The Morgan fingerprint density at radius 3 is 1.76 bits per heavy atom. The predicted octanol–water partition coefficient (Wildman–Crippen LogP) is 8.08. The lowest BCUT2D eigenvalue weighted by Gasteiger charge is -2.38. The van der Waals surface area contributed by atoms with Crippen LogP contribution in [0.2, 0.25) is 0 Å². The molecule has 45 heavy (non-hydrogen) atoms. The molecular formula is C40H37N5. The highest BCUT2D eigenvalue weighted by Gasteiger charge is 2.37. The summed E-state index contributed by atoms with van der Waals surface area (Å²) in [4.78, 5) is 4.38. The number of rotatable bonds is 11. The molecule has 0 bridgehead atoms. The Balaban J connectivity index is 1.51. The van der Waals surface area contributed by atoms with E-state index in [0.717, 1.165) is 51.3 Å². The van der Waals surface area contributed by atoms with Gasteiger partial charge in [0.05, 0.1) is 5.71 Å². The van der Waals surface area contributed by atoms with Crippen molar-refractivity contribution in [1.82, 2.24) is 10.3 Å². The van der Waals surface area contributed by atoms with Gasteiger partial charge in [-0.3, -0.25) is 10.4 Å². The molecule has 0 spiro atoms. The van der Waals surface area contributed by atoms with Gasteiger partial charge in [0.15, 0.2) is 0 Å². The van der Waals surface area contributed by atoms with Crippen LogP contribution < -0.4 is 16.4 Å². The van der Waals surface area contributed by atoms with Crippen molar-refractivity contribution in [3.05, 3.63) is 196 Å². The molecule has 1 aromatic heterocycles. The van der Waals surface area contributed by atoms with Crippen LogP contribution in [-0.2, 0) is 18.6 Å². The topological polar surface area (TPSA) is 86.8 Å². The fourth-order valence-corrected chi connectivity index (χ4v) is 5.90. The maximum atomic E-state index is 9.48. The van der Waals surface area contributed by atoms with Gasteiger partial charge in [-0.2, -0.15) is 0 Å². The Kier molecular flexibility index (Phi) is 8.81. The number of aromatic nitrogens is 1. The molecule has 0 saturated heterocycles. The number of pyridine rings is 1. The Morgan fingerprint density at radius 1 is 0.689 bits per heavy atom. The van der Waals surface area contributed by atoms with Crippen molar-refractivity contribution in [1.29, 1.82) is 5.41 Å². The molecule has 0 aliphatic rings. The molecule has 5 nitrogen and oxygen atoms in total. The van der Waals surface area contributed by atoms with Crippen molar-refractivity contribution in [2.75, 3.05) is 11.1 Å². The normalized spacial score (nSPS) is 11.2. The molecule has 5 aromatic carbocycles. The van der Waals surface area contributed by atoms with Crippen LogP contribution in [-0.4, -0.2) is 10.7 Å². The maximum absolute atomic E-state index is 9.48. The first-order chi connectivity index (χ1) is 22.0. The van der Waals surface area contributed by atoms with E-state index in [2.05, 4.69) is 107 Å². The lowest BCUT2D eigenvalue weighted by atomic mass is 9.76. The molecule has 6 aromatic rings. The zero-order chi connectivity index (χ0) is 31.1. The van der Waals surface area contributed by atoms with E-state index in [1.807, 2.05) is 61.5 Å². The number of nitrogen functional groups attached to an aromatic ring is 1. The largest absolute Gasteiger partial charge is 0.398 e. The first-order valence-corrected chi connectivity index (χ1v) is 15.2. The van der Waals surface area contributed by atoms with Gasteiger partial charge in [0.25, 0.3) is 0 Å². The smallest absolute Gasteiger partial charge is 0.114 e. The van der Waals surface area contributed by atoms with Gasteiger partial charge < -0.3 is 16.4 Å². The van der Waals surface area contributed by atoms with E-state index >= 15 is 0 Å². The van der Waals surface area contributed by atoms with Crippen LogP contribution in [0.1, 0.15) is 44.6 Å². The summed E-state index contributed by atoms with van der Waals surface area (Å²) < 4.78 is 0. The number of hydrogen-bond acceptors (Lipinski definition) is 5. The average molecular weight is 588 g/mol. The van der Waals surface area contributed by atoms with Gasteiger partial charge in [-0.25, -0.2) is 0 Å². The number of nitrogens with zero attached hydrogens (tertiary/aromatic N) is 1. The van der Waals surface area contributed by atoms with Crippen LogP contribution in [0.25, 0.3) is 0 Å². The minimum Gasteiger partial charge on any atom is -0.398 e. The predicted molar refractivity (Wildman–Crippen MR) is 186 cm³/mol. The Labute approximate surface area is 265 Å². The minimum absolute atomic E-state index is 0.399. The summed E-state index contributed by atoms with van der Waals surface area (Å²) >= 11 is 0. The fourth-order valence-electron chi connectivity index (χ4n) is 5.90. The van der Waals surface area contributed by atoms with Gasteiger partial charge >= 0.3 is 0 Å².